The van der Waals surface area contributed by atoms with Crippen molar-refractivity contribution in [2.24, 2.45) is 5.92 Å². The molecule has 0 aromatic heterocycles. The van der Waals surface area contributed by atoms with Crippen LogP contribution in [0, 0.1) is 5.92 Å². The Hall–Kier alpha value is -1.10. The minimum absolute atomic E-state index is 0.0369. The van der Waals surface area contributed by atoms with E-state index in [-0.39, 0.29) is 17.9 Å². The molecule has 0 spiro atoms. The lowest BCUT2D eigenvalue weighted by atomic mass is 9.95. The van der Waals surface area contributed by atoms with Crippen molar-refractivity contribution in [1.82, 2.24) is 10.2 Å². The van der Waals surface area contributed by atoms with Crippen LogP contribution >= 0.6 is 0 Å². The Morgan fingerprint density at radius 1 is 1.12 bits per heavy atom. The van der Waals surface area contributed by atoms with E-state index in [0.29, 0.717) is 25.9 Å². The number of carbonyl (C=O) groups excluding carboxylic acids is 1. The van der Waals surface area contributed by atoms with Crippen molar-refractivity contribution >= 4 is 11.9 Å². The Morgan fingerprint density at radius 2 is 1.82 bits per heavy atom. The number of carboxylic acids is 1. The number of piperidine rings is 2. The number of nitrogens with one attached hydrogen (secondary N) is 1. The summed E-state index contributed by atoms with van der Waals surface area (Å²) in [6.45, 7) is 2.10. The van der Waals surface area contributed by atoms with Crippen LogP contribution in [0.3, 0.4) is 0 Å². The van der Waals surface area contributed by atoms with Gasteiger partial charge in [0.05, 0.1) is 12.0 Å². The molecule has 2 saturated heterocycles. The van der Waals surface area contributed by atoms with E-state index in [1.54, 1.807) is 0 Å². The SMILES string of the molecule is O=C(O)C1CCN(C(=O)[C@@H]2CCCCN2)CC1. The molecule has 5 nitrogen and oxygen atoms in total. The van der Waals surface area contributed by atoms with Crippen LogP contribution in [-0.2, 0) is 9.59 Å². The van der Waals surface area contributed by atoms with Crippen LogP contribution in [-0.4, -0.2) is 47.6 Å². The number of rotatable bonds is 2. The van der Waals surface area contributed by atoms with Crippen LogP contribution in [0.4, 0.5) is 0 Å². The number of aliphatic carboxylic acids is 1. The van der Waals surface area contributed by atoms with Gasteiger partial charge in [0, 0.05) is 13.1 Å². The molecule has 2 heterocycles. The lowest BCUT2D eigenvalue weighted by Gasteiger charge is -2.34. The number of nitrogens with zero attached hydrogens (tertiary/aromatic N) is 1. The second-order valence-electron chi connectivity index (χ2n) is 4.94. The van der Waals surface area contributed by atoms with Gasteiger partial charge in [-0.25, -0.2) is 0 Å². The minimum atomic E-state index is -0.729. The summed E-state index contributed by atoms with van der Waals surface area (Å²) in [7, 11) is 0. The van der Waals surface area contributed by atoms with Crippen molar-refractivity contribution in [2.75, 3.05) is 19.6 Å². The van der Waals surface area contributed by atoms with E-state index in [1.807, 2.05) is 4.90 Å². The van der Waals surface area contributed by atoms with Gasteiger partial charge in [-0.2, -0.15) is 0 Å². The first-order chi connectivity index (χ1) is 8.18. The summed E-state index contributed by atoms with van der Waals surface area (Å²) in [6.07, 6.45) is 4.35. The van der Waals surface area contributed by atoms with Crippen LogP contribution in [0.1, 0.15) is 32.1 Å². The summed E-state index contributed by atoms with van der Waals surface area (Å²) in [4.78, 5) is 24.8. The molecule has 2 fully saturated rings. The molecule has 0 unspecified atom stereocenters. The van der Waals surface area contributed by atoms with E-state index >= 15 is 0 Å². The quantitative estimate of drug-likeness (QED) is 0.735. The molecule has 0 aromatic rings. The number of carbonyl (C=O) groups is 2. The van der Waals surface area contributed by atoms with E-state index in [4.69, 9.17) is 5.11 Å². The minimum Gasteiger partial charge on any atom is -0.481 e. The van der Waals surface area contributed by atoms with Gasteiger partial charge in [0.1, 0.15) is 0 Å². The third-order valence-corrected chi connectivity index (χ3v) is 3.76. The fourth-order valence-electron chi connectivity index (χ4n) is 2.63. The molecule has 17 heavy (non-hydrogen) atoms. The van der Waals surface area contributed by atoms with Gasteiger partial charge in [-0.1, -0.05) is 6.42 Å². The number of hydrogen-bond donors (Lipinski definition) is 2. The highest BCUT2D eigenvalue weighted by molar-refractivity contribution is 5.82. The molecule has 5 heteroatoms. The Balaban J connectivity index is 1.83. The largest absolute Gasteiger partial charge is 0.481 e. The number of amides is 1. The lowest BCUT2D eigenvalue weighted by molar-refractivity contribution is -0.146. The second-order valence-corrected chi connectivity index (χ2v) is 4.94. The fraction of sp³-hybridized carbons (Fsp3) is 0.833. The van der Waals surface area contributed by atoms with Gasteiger partial charge in [0.25, 0.3) is 0 Å². The molecular formula is C12H20N2O3. The van der Waals surface area contributed by atoms with E-state index in [0.717, 1.165) is 25.8 Å². The van der Waals surface area contributed by atoms with Crippen LogP contribution in [0.5, 0.6) is 0 Å². The first-order valence-corrected chi connectivity index (χ1v) is 6.43. The predicted octanol–water partition coefficient (Wildman–Crippen LogP) is 0.452. The van der Waals surface area contributed by atoms with E-state index in [2.05, 4.69) is 5.32 Å². The van der Waals surface area contributed by atoms with Crippen molar-refractivity contribution in [3.05, 3.63) is 0 Å². The normalized spacial score (nSPS) is 26.8. The van der Waals surface area contributed by atoms with Crippen molar-refractivity contribution in [3.8, 4) is 0 Å². The summed E-state index contributed by atoms with van der Waals surface area (Å²) in [5.74, 6) is -0.834. The van der Waals surface area contributed by atoms with Crippen molar-refractivity contribution in [3.63, 3.8) is 0 Å². The zero-order chi connectivity index (χ0) is 12.3. The van der Waals surface area contributed by atoms with Gasteiger partial charge in [0.15, 0.2) is 0 Å². The second kappa shape index (κ2) is 5.49. The number of carboxylic acid groups (broad SMARTS) is 1. The molecule has 2 N–H and O–H groups in total. The molecule has 0 bridgehead atoms. The maximum Gasteiger partial charge on any atom is 0.306 e. The highest BCUT2D eigenvalue weighted by Gasteiger charge is 2.30. The zero-order valence-corrected chi connectivity index (χ0v) is 10.0. The monoisotopic (exact) mass is 240 g/mol. The molecule has 0 radical (unpaired) electrons. The van der Waals surface area contributed by atoms with Gasteiger partial charge >= 0.3 is 5.97 Å². The van der Waals surface area contributed by atoms with Gasteiger partial charge < -0.3 is 15.3 Å². The van der Waals surface area contributed by atoms with Crippen molar-refractivity contribution in [2.45, 2.75) is 38.1 Å². The molecule has 0 saturated carbocycles. The Morgan fingerprint density at radius 3 is 2.35 bits per heavy atom. The van der Waals surface area contributed by atoms with E-state index < -0.39 is 5.97 Å². The summed E-state index contributed by atoms with van der Waals surface area (Å²) in [6, 6.07) is -0.0369. The fourth-order valence-corrected chi connectivity index (χ4v) is 2.63. The van der Waals surface area contributed by atoms with Crippen molar-refractivity contribution in [1.29, 1.82) is 0 Å². The topological polar surface area (TPSA) is 69.6 Å². The third-order valence-electron chi connectivity index (χ3n) is 3.76. The maximum absolute atomic E-state index is 12.1. The third kappa shape index (κ3) is 2.97. The zero-order valence-electron chi connectivity index (χ0n) is 10.0. The molecule has 2 aliphatic rings. The Kier molecular flexibility index (Phi) is 3.99. The molecule has 0 aliphatic carbocycles. The van der Waals surface area contributed by atoms with Gasteiger partial charge in [0.2, 0.25) is 5.91 Å². The highest BCUT2D eigenvalue weighted by Crippen LogP contribution is 2.19. The number of likely N-dealkylation sites (tertiary alicyclic amines) is 1. The highest BCUT2D eigenvalue weighted by atomic mass is 16.4. The van der Waals surface area contributed by atoms with Crippen LogP contribution in [0.25, 0.3) is 0 Å². The van der Waals surface area contributed by atoms with Gasteiger partial charge in [-0.05, 0) is 32.2 Å². The van der Waals surface area contributed by atoms with Crippen molar-refractivity contribution < 1.29 is 14.7 Å². The Labute approximate surface area is 101 Å². The molecule has 2 aliphatic heterocycles. The maximum atomic E-state index is 12.1. The molecule has 1 atom stereocenters. The lowest BCUT2D eigenvalue weighted by Crippen LogP contribution is -2.51. The molecular weight excluding hydrogens is 220 g/mol. The molecule has 0 aromatic carbocycles. The Bertz CT molecular complexity index is 292. The van der Waals surface area contributed by atoms with Crippen LogP contribution < -0.4 is 5.32 Å². The molecule has 2 rings (SSSR count). The van der Waals surface area contributed by atoms with E-state index in [9.17, 15) is 9.59 Å². The standard InChI is InChI=1S/C12H20N2O3/c15-11(10-3-1-2-6-13-10)14-7-4-9(5-8-14)12(16)17/h9-10,13H,1-8H2,(H,16,17)/t10-/m0/s1. The van der Waals surface area contributed by atoms with Crippen LogP contribution in [0.15, 0.2) is 0 Å². The predicted molar refractivity (Wildman–Crippen MR) is 62.6 cm³/mol. The van der Waals surface area contributed by atoms with E-state index in [1.165, 1.54) is 0 Å². The average Bonchev–Trinajstić information content (AvgIpc) is 2.39. The van der Waals surface area contributed by atoms with Gasteiger partial charge in [-0.15, -0.1) is 0 Å². The number of hydrogen-bond acceptors (Lipinski definition) is 3. The first kappa shape index (κ1) is 12.4. The summed E-state index contributed by atoms with van der Waals surface area (Å²) in [5.41, 5.74) is 0. The first-order valence-electron chi connectivity index (χ1n) is 6.43. The smallest absolute Gasteiger partial charge is 0.306 e. The average molecular weight is 240 g/mol. The van der Waals surface area contributed by atoms with Gasteiger partial charge in [-0.3, -0.25) is 9.59 Å². The summed E-state index contributed by atoms with van der Waals surface area (Å²) >= 11 is 0. The molecule has 96 valence electrons. The summed E-state index contributed by atoms with van der Waals surface area (Å²) in [5, 5.41) is 12.1. The molecule has 1 amide bonds. The summed E-state index contributed by atoms with van der Waals surface area (Å²) < 4.78 is 0. The van der Waals surface area contributed by atoms with Crippen LogP contribution in [0.2, 0.25) is 0 Å².